The fourth-order valence-corrected chi connectivity index (χ4v) is 1.68. The molecule has 7 heteroatoms. The van der Waals surface area contributed by atoms with Gasteiger partial charge in [0.05, 0.1) is 11.6 Å². The maximum Gasteiger partial charge on any atom is 0.363 e. The molecule has 2 N–H and O–H groups in total. The van der Waals surface area contributed by atoms with Gasteiger partial charge in [0, 0.05) is 12.6 Å². The number of aromatic nitrogens is 1. The number of carboxylic acid groups (broad SMARTS) is 1. The molecular formula is C12H17N3O4. The average molecular weight is 267 g/mol. The van der Waals surface area contributed by atoms with E-state index in [0.29, 0.717) is 12.1 Å². The minimum absolute atomic E-state index is 0.234. The molecule has 0 saturated carbocycles. The lowest BCUT2D eigenvalue weighted by Gasteiger charge is -2.15. The zero-order valence-electron chi connectivity index (χ0n) is 10.9. The quantitative estimate of drug-likeness (QED) is 0.579. The van der Waals surface area contributed by atoms with Gasteiger partial charge in [0.15, 0.2) is 6.20 Å². The number of carboxylic acids is 1. The molecule has 19 heavy (non-hydrogen) atoms. The Morgan fingerprint density at radius 2 is 2.21 bits per heavy atom. The number of nitro groups is 1. The van der Waals surface area contributed by atoms with E-state index in [1.807, 2.05) is 13.8 Å². The largest absolute Gasteiger partial charge is 0.481 e. The third-order valence-corrected chi connectivity index (χ3v) is 2.59. The summed E-state index contributed by atoms with van der Waals surface area (Å²) in [6.45, 7) is 4.19. The van der Waals surface area contributed by atoms with Crippen LogP contribution in [0.4, 0.5) is 11.5 Å². The predicted molar refractivity (Wildman–Crippen MR) is 70.0 cm³/mol. The Balaban J connectivity index is 2.59. The highest BCUT2D eigenvalue weighted by Crippen LogP contribution is 2.15. The van der Waals surface area contributed by atoms with Gasteiger partial charge in [-0.1, -0.05) is 13.8 Å². The monoisotopic (exact) mass is 267 g/mol. The van der Waals surface area contributed by atoms with E-state index >= 15 is 0 Å². The summed E-state index contributed by atoms with van der Waals surface area (Å²) >= 11 is 0. The van der Waals surface area contributed by atoms with Gasteiger partial charge in [-0.05, 0) is 28.3 Å². The minimum atomic E-state index is -0.851. The lowest BCUT2D eigenvalue weighted by atomic mass is 9.97. The Kier molecular flexibility index (Phi) is 5.23. The summed E-state index contributed by atoms with van der Waals surface area (Å²) in [7, 11) is 0. The molecule has 0 fully saturated rings. The van der Waals surface area contributed by atoms with Crippen LogP contribution in [0.3, 0.4) is 0 Å². The van der Waals surface area contributed by atoms with Gasteiger partial charge in [-0.3, -0.25) is 4.79 Å². The van der Waals surface area contributed by atoms with Gasteiger partial charge in [-0.25, -0.2) is 0 Å². The van der Waals surface area contributed by atoms with Crippen LogP contribution in [-0.2, 0) is 4.79 Å². The summed E-state index contributed by atoms with van der Waals surface area (Å²) in [4.78, 5) is 24.6. The molecule has 0 aliphatic carbocycles. The van der Waals surface area contributed by atoms with Crippen LogP contribution in [0.15, 0.2) is 18.3 Å². The lowest BCUT2D eigenvalue weighted by Crippen LogP contribution is -2.24. The van der Waals surface area contributed by atoms with Gasteiger partial charge in [0.2, 0.25) is 0 Å². The highest BCUT2D eigenvalue weighted by atomic mass is 16.6. The summed E-state index contributed by atoms with van der Waals surface area (Å²) in [5, 5.41) is 22.4. The van der Waals surface area contributed by atoms with E-state index < -0.39 is 16.8 Å². The number of hydrogen-bond acceptors (Lipinski definition) is 5. The van der Waals surface area contributed by atoms with Crippen LogP contribution in [0.25, 0.3) is 0 Å². The van der Waals surface area contributed by atoms with E-state index in [1.165, 1.54) is 18.3 Å². The zero-order chi connectivity index (χ0) is 14.4. The van der Waals surface area contributed by atoms with E-state index in [4.69, 9.17) is 5.11 Å². The van der Waals surface area contributed by atoms with Gasteiger partial charge < -0.3 is 20.5 Å². The molecule has 1 rings (SSSR count). The zero-order valence-corrected chi connectivity index (χ0v) is 10.9. The molecule has 1 heterocycles. The highest BCUT2D eigenvalue weighted by molar-refractivity contribution is 5.70. The Morgan fingerprint density at radius 3 is 2.63 bits per heavy atom. The molecule has 1 aromatic heterocycles. The SMILES string of the molecule is CC(C)CC(CNc1ccc([N+](=O)[O-])nc1)C(=O)O. The normalized spacial score (nSPS) is 12.2. The van der Waals surface area contributed by atoms with Crippen molar-refractivity contribution in [1.29, 1.82) is 0 Å². The van der Waals surface area contributed by atoms with E-state index in [0.717, 1.165) is 0 Å². The second kappa shape index (κ2) is 6.67. The van der Waals surface area contributed by atoms with Gasteiger partial charge in [-0.15, -0.1) is 0 Å². The molecule has 1 atom stereocenters. The summed E-state index contributed by atoms with van der Waals surface area (Å²) in [5.74, 6) is -1.29. The van der Waals surface area contributed by atoms with E-state index in [-0.39, 0.29) is 18.3 Å². The second-order valence-electron chi connectivity index (χ2n) is 4.71. The van der Waals surface area contributed by atoms with Crippen molar-refractivity contribution in [3.05, 3.63) is 28.4 Å². The number of hydrogen-bond donors (Lipinski definition) is 2. The maximum absolute atomic E-state index is 11.1. The first kappa shape index (κ1) is 14.9. The van der Waals surface area contributed by atoms with Crippen molar-refractivity contribution in [2.45, 2.75) is 20.3 Å². The first-order valence-electron chi connectivity index (χ1n) is 5.97. The van der Waals surface area contributed by atoms with Crippen molar-refractivity contribution < 1.29 is 14.8 Å². The number of nitrogens with zero attached hydrogens (tertiary/aromatic N) is 2. The fraction of sp³-hybridized carbons (Fsp3) is 0.500. The summed E-state index contributed by atoms with van der Waals surface area (Å²) in [5.41, 5.74) is 0.570. The van der Waals surface area contributed by atoms with Crippen molar-refractivity contribution in [1.82, 2.24) is 4.98 Å². The lowest BCUT2D eigenvalue weighted by molar-refractivity contribution is -0.389. The minimum Gasteiger partial charge on any atom is -0.481 e. The molecular weight excluding hydrogens is 250 g/mol. The molecule has 0 aliphatic rings. The molecule has 0 aliphatic heterocycles. The molecule has 0 bridgehead atoms. The van der Waals surface area contributed by atoms with E-state index in [9.17, 15) is 14.9 Å². The number of anilines is 1. The summed E-state index contributed by atoms with van der Waals surface area (Å²) in [6.07, 6.45) is 1.90. The highest BCUT2D eigenvalue weighted by Gasteiger charge is 2.18. The topological polar surface area (TPSA) is 105 Å². The first-order chi connectivity index (χ1) is 8.90. The Morgan fingerprint density at radius 1 is 1.53 bits per heavy atom. The molecule has 7 nitrogen and oxygen atoms in total. The number of carbonyl (C=O) groups is 1. The average Bonchev–Trinajstić information content (AvgIpc) is 2.34. The van der Waals surface area contributed by atoms with Crippen LogP contribution in [0.2, 0.25) is 0 Å². The molecule has 1 unspecified atom stereocenters. The molecule has 0 radical (unpaired) electrons. The van der Waals surface area contributed by atoms with E-state index in [2.05, 4.69) is 10.3 Å². The third kappa shape index (κ3) is 4.90. The molecule has 0 saturated heterocycles. The van der Waals surface area contributed by atoms with E-state index in [1.54, 1.807) is 0 Å². The van der Waals surface area contributed by atoms with Crippen LogP contribution >= 0.6 is 0 Å². The number of aliphatic carboxylic acids is 1. The summed E-state index contributed by atoms with van der Waals surface area (Å²) < 4.78 is 0. The van der Waals surface area contributed by atoms with Crippen LogP contribution < -0.4 is 5.32 Å². The van der Waals surface area contributed by atoms with Crippen LogP contribution in [0.1, 0.15) is 20.3 Å². The number of rotatable bonds is 7. The van der Waals surface area contributed by atoms with Crippen LogP contribution in [0, 0.1) is 22.0 Å². The Labute approximate surface area is 110 Å². The second-order valence-corrected chi connectivity index (χ2v) is 4.71. The Hall–Kier alpha value is -2.18. The fourth-order valence-electron chi connectivity index (χ4n) is 1.68. The van der Waals surface area contributed by atoms with Gasteiger partial charge in [0.1, 0.15) is 0 Å². The number of pyridine rings is 1. The maximum atomic E-state index is 11.1. The smallest absolute Gasteiger partial charge is 0.363 e. The number of nitrogens with one attached hydrogen (secondary N) is 1. The van der Waals surface area contributed by atoms with Crippen molar-refractivity contribution in [3.8, 4) is 0 Å². The van der Waals surface area contributed by atoms with Gasteiger partial charge in [-0.2, -0.15) is 0 Å². The molecule has 0 spiro atoms. The summed E-state index contributed by atoms with van der Waals surface area (Å²) in [6, 6.07) is 2.79. The van der Waals surface area contributed by atoms with Crippen molar-refractivity contribution in [3.63, 3.8) is 0 Å². The standard InChI is InChI=1S/C12H17N3O4/c1-8(2)5-9(12(16)17)6-13-10-3-4-11(14-7-10)15(18)19/h3-4,7-9,13H,5-6H2,1-2H3,(H,16,17). The van der Waals surface area contributed by atoms with Crippen molar-refractivity contribution >= 4 is 17.5 Å². The van der Waals surface area contributed by atoms with Crippen molar-refractivity contribution in [2.24, 2.45) is 11.8 Å². The third-order valence-electron chi connectivity index (χ3n) is 2.59. The Bertz CT molecular complexity index is 445. The molecule has 1 aromatic rings. The molecule has 0 aromatic carbocycles. The van der Waals surface area contributed by atoms with Gasteiger partial charge >= 0.3 is 11.8 Å². The predicted octanol–water partition coefficient (Wildman–Crippen LogP) is 2.15. The van der Waals surface area contributed by atoms with Crippen LogP contribution in [0.5, 0.6) is 0 Å². The molecule has 104 valence electrons. The van der Waals surface area contributed by atoms with Gasteiger partial charge in [0.25, 0.3) is 0 Å². The van der Waals surface area contributed by atoms with Crippen LogP contribution in [-0.4, -0.2) is 27.5 Å². The first-order valence-corrected chi connectivity index (χ1v) is 5.97. The molecule has 0 amide bonds. The van der Waals surface area contributed by atoms with Crippen molar-refractivity contribution in [2.75, 3.05) is 11.9 Å².